The molecule has 1 heterocycles. The molecule has 1 aliphatic heterocycles. The number of anilines is 1. The number of carbonyl (C=O) groups excluding carboxylic acids is 1. The molecule has 2 aliphatic rings. The van der Waals surface area contributed by atoms with E-state index in [1.807, 2.05) is 29.2 Å². The minimum Gasteiger partial charge on any atom is -0.497 e. The quantitative estimate of drug-likeness (QED) is 0.719. The van der Waals surface area contributed by atoms with Gasteiger partial charge >= 0.3 is 0 Å². The summed E-state index contributed by atoms with van der Waals surface area (Å²) in [6, 6.07) is 15.3. The summed E-state index contributed by atoms with van der Waals surface area (Å²) in [4.78, 5) is 19.3. The molecule has 2 fully saturated rings. The number of hydrogen-bond donors (Lipinski definition) is 0. The molecule has 0 atom stereocenters. The number of methoxy groups -OCH3 is 1. The Morgan fingerprint density at radius 3 is 2.38 bits per heavy atom. The zero-order valence-corrected chi connectivity index (χ0v) is 16.9. The number of halogens is 1. The van der Waals surface area contributed by atoms with Gasteiger partial charge in [-0.25, -0.2) is 4.39 Å². The molecule has 0 bridgehead atoms. The first kappa shape index (κ1) is 19.7. The fourth-order valence-corrected chi connectivity index (χ4v) is 3.88. The van der Waals surface area contributed by atoms with Gasteiger partial charge in [-0.15, -0.1) is 0 Å². The van der Waals surface area contributed by atoms with Gasteiger partial charge in [-0.2, -0.15) is 0 Å². The Morgan fingerprint density at radius 2 is 1.76 bits per heavy atom. The molecule has 0 aromatic heterocycles. The van der Waals surface area contributed by atoms with Crippen LogP contribution in [0, 0.1) is 5.82 Å². The molecule has 0 N–H and O–H groups in total. The highest BCUT2D eigenvalue weighted by atomic mass is 19.1. The first-order valence-corrected chi connectivity index (χ1v) is 10.3. The Hall–Kier alpha value is -2.60. The van der Waals surface area contributed by atoms with Crippen LogP contribution < -0.4 is 9.64 Å². The molecule has 1 amide bonds. The Balaban J connectivity index is 1.32. The van der Waals surface area contributed by atoms with Gasteiger partial charge < -0.3 is 14.5 Å². The number of carbonyl (C=O) groups is 1. The van der Waals surface area contributed by atoms with E-state index >= 15 is 0 Å². The third-order valence-corrected chi connectivity index (χ3v) is 5.80. The highest BCUT2D eigenvalue weighted by molar-refractivity contribution is 5.78. The summed E-state index contributed by atoms with van der Waals surface area (Å²) in [5.74, 6) is 0.791. The summed E-state index contributed by atoms with van der Waals surface area (Å²) in [5.41, 5.74) is 1.81. The fourth-order valence-electron chi connectivity index (χ4n) is 3.88. The van der Waals surface area contributed by atoms with Crippen molar-refractivity contribution in [3.8, 4) is 5.75 Å². The Labute approximate surface area is 171 Å². The summed E-state index contributed by atoms with van der Waals surface area (Å²) >= 11 is 0. The van der Waals surface area contributed by atoms with Crippen molar-refractivity contribution in [2.75, 3.05) is 44.7 Å². The molecular weight excluding hydrogens is 369 g/mol. The standard InChI is InChI=1S/C23H28FN3O2/c1-29-21-10-8-19(9-11-21)25-12-14-26(15-13-25)23(28)17-27(20-6-7-20)16-18-4-2-3-5-22(18)24/h2-5,8-11,20H,6-7,12-17H2,1H3. The summed E-state index contributed by atoms with van der Waals surface area (Å²) < 4.78 is 19.3. The predicted molar refractivity (Wildman–Crippen MR) is 112 cm³/mol. The van der Waals surface area contributed by atoms with E-state index in [4.69, 9.17) is 4.74 Å². The molecule has 5 nitrogen and oxygen atoms in total. The number of hydrogen-bond acceptors (Lipinski definition) is 4. The van der Waals surface area contributed by atoms with Gasteiger partial charge in [0.2, 0.25) is 5.91 Å². The minimum atomic E-state index is -0.196. The van der Waals surface area contributed by atoms with Gasteiger partial charge in [-0.3, -0.25) is 9.69 Å². The predicted octanol–water partition coefficient (Wildman–Crippen LogP) is 3.15. The van der Waals surface area contributed by atoms with Gasteiger partial charge in [0.1, 0.15) is 11.6 Å². The summed E-state index contributed by atoms with van der Waals surface area (Å²) in [7, 11) is 1.66. The highest BCUT2D eigenvalue weighted by Crippen LogP contribution is 2.29. The first-order chi connectivity index (χ1) is 14.1. The third-order valence-electron chi connectivity index (χ3n) is 5.80. The van der Waals surface area contributed by atoms with Crippen LogP contribution in [-0.4, -0.2) is 61.6 Å². The molecule has 1 aliphatic carbocycles. The van der Waals surface area contributed by atoms with Crippen molar-refractivity contribution in [3.63, 3.8) is 0 Å². The van der Waals surface area contributed by atoms with Crippen LogP contribution in [0.3, 0.4) is 0 Å². The zero-order chi connectivity index (χ0) is 20.2. The van der Waals surface area contributed by atoms with Crippen LogP contribution in [0.1, 0.15) is 18.4 Å². The van der Waals surface area contributed by atoms with Crippen molar-refractivity contribution in [1.29, 1.82) is 0 Å². The van der Waals surface area contributed by atoms with E-state index in [0.29, 0.717) is 37.8 Å². The Kier molecular flexibility index (Phi) is 6.00. The lowest BCUT2D eigenvalue weighted by molar-refractivity contribution is -0.133. The number of rotatable bonds is 7. The third kappa shape index (κ3) is 4.88. The van der Waals surface area contributed by atoms with E-state index in [-0.39, 0.29) is 11.7 Å². The Morgan fingerprint density at radius 1 is 1.07 bits per heavy atom. The van der Waals surface area contributed by atoms with Crippen molar-refractivity contribution >= 4 is 11.6 Å². The molecule has 154 valence electrons. The summed E-state index contributed by atoms with van der Waals surface area (Å²) in [6.07, 6.45) is 2.18. The monoisotopic (exact) mass is 397 g/mol. The molecule has 0 radical (unpaired) electrons. The molecular formula is C23H28FN3O2. The van der Waals surface area contributed by atoms with E-state index in [2.05, 4.69) is 21.9 Å². The number of amides is 1. The van der Waals surface area contributed by atoms with Crippen LogP contribution in [0.2, 0.25) is 0 Å². The maximum Gasteiger partial charge on any atom is 0.236 e. The lowest BCUT2D eigenvalue weighted by Gasteiger charge is -2.37. The molecule has 1 saturated heterocycles. The second-order valence-electron chi connectivity index (χ2n) is 7.79. The van der Waals surface area contributed by atoms with Crippen LogP contribution in [0.15, 0.2) is 48.5 Å². The SMILES string of the molecule is COc1ccc(N2CCN(C(=O)CN(Cc3ccccc3F)C3CC3)CC2)cc1. The normalized spacial score (nSPS) is 16.9. The van der Waals surface area contributed by atoms with Crippen molar-refractivity contribution in [1.82, 2.24) is 9.80 Å². The maximum absolute atomic E-state index is 14.0. The molecule has 1 saturated carbocycles. The van der Waals surface area contributed by atoms with E-state index in [1.54, 1.807) is 13.2 Å². The van der Waals surface area contributed by atoms with Gasteiger partial charge in [0.15, 0.2) is 0 Å². The maximum atomic E-state index is 14.0. The smallest absolute Gasteiger partial charge is 0.236 e. The topological polar surface area (TPSA) is 36.0 Å². The van der Waals surface area contributed by atoms with Crippen molar-refractivity contribution in [2.24, 2.45) is 0 Å². The fraction of sp³-hybridized carbons (Fsp3) is 0.435. The molecule has 2 aromatic carbocycles. The molecule has 2 aromatic rings. The van der Waals surface area contributed by atoms with Crippen LogP contribution >= 0.6 is 0 Å². The lowest BCUT2D eigenvalue weighted by Crippen LogP contribution is -2.51. The second-order valence-corrected chi connectivity index (χ2v) is 7.79. The van der Waals surface area contributed by atoms with Gasteiger partial charge in [0, 0.05) is 50.0 Å². The van der Waals surface area contributed by atoms with Crippen LogP contribution in [-0.2, 0) is 11.3 Å². The highest BCUT2D eigenvalue weighted by Gasteiger charge is 2.32. The number of nitrogens with zero attached hydrogens (tertiary/aromatic N) is 3. The zero-order valence-electron chi connectivity index (χ0n) is 16.9. The van der Waals surface area contributed by atoms with E-state index in [0.717, 1.165) is 37.4 Å². The summed E-state index contributed by atoms with van der Waals surface area (Å²) in [5, 5.41) is 0. The average Bonchev–Trinajstić information content (AvgIpc) is 3.60. The number of benzene rings is 2. The second kappa shape index (κ2) is 8.82. The van der Waals surface area contributed by atoms with Crippen molar-refractivity contribution < 1.29 is 13.9 Å². The Bertz CT molecular complexity index is 830. The van der Waals surface area contributed by atoms with Gasteiger partial charge in [-0.1, -0.05) is 18.2 Å². The molecule has 29 heavy (non-hydrogen) atoms. The van der Waals surface area contributed by atoms with E-state index < -0.39 is 0 Å². The van der Waals surface area contributed by atoms with Gasteiger partial charge in [0.25, 0.3) is 0 Å². The van der Waals surface area contributed by atoms with Gasteiger partial charge in [0.05, 0.1) is 13.7 Å². The van der Waals surface area contributed by atoms with Crippen LogP contribution in [0.4, 0.5) is 10.1 Å². The molecule has 6 heteroatoms. The molecule has 0 unspecified atom stereocenters. The first-order valence-electron chi connectivity index (χ1n) is 10.3. The minimum absolute atomic E-state index is 0.141. The number of piperazine rings is 1. The van der Waals surface area contributed by atoms with Crippen molar-refractivity contribution in [3.05, 3.63) is 59.9 Å². The largest absolute Gasteiger partial charge is 0.497 e. The number of ether oxygens (including phenoxy) is 1. The van der Waals surface area contributed by atoms with Crippen LogP contribution in [0.25, 0.3) is 0 Å². The van der Waals surface area contributed by atoms with E-state index in [1.165, 1.54) is 6.07 Å². The van der Waals surface area contributed by atoms with Crippen molar-refractivity contribution in [2.45, 2.75) is 25.4 Å². The average molecular weight is 397 g/mol. The summed E-state index contributed by atoms with van der Waals surface area (Å²) in [6.45, 7) is 3.91. The van der Waals surface area contributed by atoms with Gasteiger partial charge in [-0.05, 0) is 43.2 Å². The van der Waals surface area contributed by atoms with E-state index in [9.17, 15) is 9.18 Å². The van der Waals surface area contributed by atoms with Crippen LogP contribution in [0.5, 0.6) is 5.75 Å². The lowest BCUT2D eigenvalue weighted by atomic mass is 10.2. The molecule has 0 spiro atoms. The molecule has 4 rings (SSSR count).